The molecular weight excluding hydrogens is 222 g/mol. The zero-order valence-electron chi connectivity index (χ0n) is 10.1. The minimum atomic E-state index is -1.17. The van der Waals surface area contributed by atoms with E-state index in [0.29, 0.717) is 0 Å². The maximum atomic E-state index is 12.0. The van der Waals surface area contributed by atoms with Crippen molar-refractivity contribution in [2.24, 2.45) is 11.8 Å². The van der Waals surface area contributed by atoms with Crippen molar-refractivity contribution in [2.45, 2.75) is 51.4 Å². The Hall–Kier alpha value is -1.10. The van der Waals surface area contributed by atoms with Crippen LogP contribution in [0.2, 0.25) is 0 Å². The molecule has 17 heavy (non-hydrogen) atoms. The summed E-state index contributed by atoms with van der Waals surface area (Å²) in [7, 11) is 0. The second kappa shape index (κ2) is 4.64. The van der Waals surface area contributed by atoms with E-state index in [1.807, 2.05) is 13.8 Å². The zero-order valence-corrected chi connectivity index (χ0v) is 10.1. The molecular formula is C12H18NO4-. The predicted octanol–water partition coefficient (Wildman–Crippen LogP) is -0.555. The van der Waals surface area contributed by atoms with Gasteiger partial charge in [0.1, 0.15) is 0 Å². The molecule has 5 nitrogen and oxygen atoms in total. The Balaban J connectivity index is 2.08. The first-order valence-corrected chi connectivity index (χ1v) is 6.21. The standard InChI is InChI=1S/C12H19NO4/c1-3-6(2)13-11(14)9-7-4-5-8(17-7)10(9)12(15)16/h6-10H,3-5H2,1-2H3,(H,13,14)(H,15,16)/p-1. The van der Waals surface area contributed by atoms with Crippen LogP contribution < -0.4 is 10.4 Å². The summed E-state index contributed by atoms with van der Waals surface area (Å²) in [4.78, 5) is 23.1. The van der Waals surface area contributed by atoms with E-state index in [4.69, 9.17) is 4.74 Å². The molecule has 2 fully saturated rings. The van der Waals surface area contributed by atoms with Crippen molar-refractivity contribution in [3.63, 3.8) is 0 Å². The van der Waals surface area contributed by atoms with Crippen molar-refractivity contribution in [2.75, 3.05) is 0 Å². The van der Waals surface area contributed by atoms with E-state index in [2.05, 4.69) is 5.32 Å². The lowest BCUT2D eigenvalue weighted by Crippen LogP contribution is -2.49. The number of carboxylic acids is 1. The van der Waals surface area contributed by atoms with Crippen LogP contribution in [0.15, 0.2) is 0 Å². The van der Waals surface area contributed by atoms with Crippen LogP contribution in [0.3, 0.4) is 0 Å². The molecule has 1 N–H and O–H groups in total. The molecule has 0 spiro atoms. The number of fused-ring (bicyclic) bond motifs is 2. The summed E-state index contributed by atoms with van der Waals surface area (Å²) in [6.45, 7) is 3.87. The highest BCUT2D eigenvalue weighted by atomic mass is 16.5. The van der Waals surface area contributed by atoms with Gasteiger partial charge in [0.2, 0.25) is 5.91 Å². The number of hydrogen-bond acceptors (Lipinski definition) is 4. The van der Waals surface area contributed by atoms with Gasteiger partial charge >= 0.3 is 0 Å². The number of carbonyl (C=O) groups excluding carboxylic acids is 2. The molecule has 2 rings (SSSR count). The van der Waals surface area contributed by atoms with E-state index in [-0.39, 0.29) is 24.2 Å². The lowest BCUT2D eigenvalue weighted by Gasteiger charge is -2.28. The third kappa shape index (κ3) is 2.16. The SMILES string of the molecule is CCC(C)NC(=O)C1C2CCC(O2)C1C(=O)[O-]. The van der Waals surface area contributed by atoms with Gasteiger partial charge in [0, 0.05) is 17.9 Å². The van der Waals surface area contributed by atoms with Gasteiger partial charge in [-0.05, 0) is 26.2 Å². The largest absolute Gasteiger partial charge is 0.550 e. The highest BCUT2D eigenvalue weighted by molar-refractivity contribution is 5.86. The van der Waals surface area contributed by atoms with E-state index in [1.54, 1.807) is 0 Å². The summed E-state index contributed by atoms with van der Waals surface area (Å²) in [6, 6.07) is 0.0593. The molecule has 5 unspecified atom stereocenters. The van der Waals surface area contributed by atoms with Crippen LogP contribution >= 0.6 is 0 Å². The van der Waals surface area contributed by atoms with Crippen LogP contribution in [-0.4, -0.2) is 30.1 Å². The summed E-state index contributed by atoms with van der Waals surface area (Å²) in [6.07, 6.45) is 1.73. The predicted molar refractivity (Wildman–Crippen MR) is 57.8 cm³/mol. The maximum Gasteiger partial charge on any atom is 0.226 e. The van der Waals surface area contributed by atoms with Crippen molar-refractivity contribution in [3.05, 3.63) is 0 Å². The number of nitrogens with one attached hydrogen (secondary N) is 1. The van der Waals surface area contributed by atoms with Crippen LogP contribution in [0.4, 0.5) is 0 Å². The first-order valence-electron chi connectivity index (χ1n) is 6.21. The molecule has 0 saturated carbocycles. The van der Waals surface area contributed by atoms with Crippen molar-refractivity contribution in [1.29, 1.82) is 0 Å². The summed E-state index contributed by atoms with van der Waals surface area (Å²) < 4.78 is 5.51. The lowest BCUT2D eigenvalue weighted by atomic mass is 9.78. The van der Waals surface area contributed by atoms with Crippen molar-refractivity contribution < 1.29 is 19.4 Å². The van der Waals surface area contributed by atoms with Gasteiger partial charge in [0.15, 0.2) is 0 Å². The number of amides is 1. The smallest absolute Gasteiger partial charge is 0.226 e. The van der Waals surface area contributed by atoms with Gasteiger partial charge in [-0.1, -0.05) is 6.92 Å². The second-order valence-corrected chi connectivity index (χ2v) is 4.98. The van der Waals surface area contributed by atoms with Crippen LogP contribution in [0.1, 0.15) is 33.1 Å². The zero-order chi connectivity index (χ0) is 12.6. The normalized spacial score (nSPS) is 36.8. The maximum absolute atomic E-state index is 12.0. The molecule has 1 amide bonds. The average molecular weight is 240 g/mol. The highest BCUT2D eigenvalue weighted by Crippen LogP contribution is 2.43. The monoisotopic (exact) mass is 240 g/mol. The Morgan fingerprint density at radius 3 is 2.47 bits per heavy atom. The molecule has 0 aromatic rings. The van der Waals surface area contributed by atoms with Crippen molar-refractivity contribution >= 4 is 11.9 Å². The van der Waals surface area contributed by atoms with Gasteiger partial charge in [-0.15, -0.1) is 0 Å². The average Bonchev–Trinajstić information content (AvgIpc) is 2.87. The molecule has 0 radical (unpaired) electrons. The summed E-state index contributed by atoms with van der Waals surface area (Å²) >= 11 is 0. The molecule has 0 aromatic heterocycles. The van der Waals surface area contributed by atoms with Crippen LogP contribution in [0, 0.1) is 11.8 Å². The minimum absolute atomic E-state index is 0.0593. The molecule has 2 bridgehead atoms. The third-order valence-electron chi connectivity index (χ3n) is 3.85. The van der Waals surface area contributed by atoms with Gasteiger partial charge < -0.3 is 20.0 Å². The fraction of sp³-hybridized carbons (Fsp3) is 0.833. The minimum Gasteiger partial charge on any atom is -0.550 e. The fourth-order valence-corrected chi connectivity index (χ4v) is 2.75. The van der Waals surface area contributed by atoms with E-state index in [9.17, 15) is 14.7 Å². The Morgan fingerprint density at radius 2 is 1.94 bits per heavy atom. The summed E-state index contributed by atoms with van der Waals surface area (Å²) in [5.74, 6) is -2.73. The number of carbonyl (C=O) groups is 2. The second-order valence-electron chi connectivity index (χ2n) is 4.98. The van der Waals surface area contributed by atoms with E-state index < -0.39 is 17.8 Å². The Labute approximate surface area is 101 Å². The first-order chi connectivity index (χ1) is 8.04. The number of aliphatic carboxylic acids is 1. The Morgan fingerprint density at radius 1 is 1.35 bits per heavy atom. The molecule has 5 heteroatoms. The van der Waals surface area contributed by atoms with Crippen LogP contribution in [-0.2, 0) is 14.3 Å². The van der Waals surface area contributed by atoms with Crippen molar-refractivity contribution in [1.82, 2.24) is 5.32 Å². The molecule has 2 aliphatic rings. The van der Waals surface area contributed by atoms with Gasteiger partial charge in [0.25, 0.3) is 0 Å². The summed E-state index contributed by atoms with van der Waals surface area (Å²) in [5.41, 5.74) is 0. The highest BCUT2D eigenvalue weighted by Gasteiger charge is 2.52. The Kier molecular flexibility index (Phi) is 3.38. The Bertz CT molecular complexity index is 330. The molecule has 5 atom stereocenters. The van der Waals surface area contributed by atoms with Gasteiger partial charge in [-0.25, -0.2) is 0 Å². The number of carboxylic acid groups (broad SMARTS) is 1. The number of ether oxygens (including phenoxy) is 1. The third-order valence-corrected chi connectivity index (χ3v) is 3.85. The van der Waals surface area contributed by atoms with Crippen LogP contribution in [0.5, 0.6) is 0 Å². The molecule has 2 saturated heterocycles. The summed E-state index contributed by atoms with van der Waals surface area (Å²) in [5, 5.41) is 13.9. The molecule has 2 heterocycles. The quantitative estimate of drug-likeness (QED) is 0.714. The number of hydrogen-bond donors (Lipinski definition) is 1. The van der Waals surface area contributed by atoms with E-state index >= 15 is 0 Å². The molecule has 96 valence electrons. The van der Waals surface area contributed by atoms with Gasteiger partial charge in [-0.3, -0.25) is 4.79 Å². The van der Waals surface area contributed by atoms with Crippen LogP contribution in [0.25, 0.3) is 0 Å². The topological polar surface area (TPSA) is 78.5 Å². The first kappa shape index (κ1) is 12.4. The lowest BCUT2D eigenvalue weighted by molar-refractivity contribution is -0.314. The van der Waals surface area contributed by atoms with Gasteiger partial charge in [-0.2, -0.15) is 0 Å². The molecule has 0 aromatic carbocycles. The van der Waals surface area contributed by atoms with E-state index in [0.717, 1.165) is 19.3 Å². The van der Waals surface area contributed by atoms with Crippen molar-refractivity contribution in [3.8, 4) is 0 Å². The number of rotatable bonds is 4. The van der Waals surface area contributed by atoms with Gasteiger partial charge in [0.05, 0.1) is 18.1 Å². The fourth-order valence-electron chi connectivity index (χ4n) is 2.75. The molecule has 0 aliphatic carbocycles. The van der Waals surface area contributed by atoms with E-state index in [1.165, 1.54) is 0 Å². The molecule has 2 aliphatic heterocycles.